The standard InChI is InChI=1S/C19H26O4/c20-18(10-11-19(21)22)17-8-6-15(7-9-17)12-13-23-14-16-4-2-1-3-5-16/h1-5,15,17H,6-14H2,(H,21,22)/t15-,17-. The van der Waals surface area contributed by atoms with Crippen LogP contribution in [0.2, 0.25) is 0 Å². The molecule has 0 atom stereocenters. The van der Waals surface area contributed by atoms with Gasteiger partial charge in [-0.2, -0.15) is 0 Å². The fraction of sp³-hybridized carbons (Fsp3) is 0.579. The molecule has 1 aromatic carbocycles. The third kappa shape index (κ3) is 6.53. The lowest BCUT2D eigenvalue weighted by Crippen LogP contribution is -2.23. The highest BCUT2D eigenvalue weighted by atomic mass is 16.5. The molecular weight excluding hydrogens is 292 g/mol. The summed E-state index contributed by atoms with van der Waals surface area (Å²) in [5.74, 6) is -0.0427. The zero-order chi connectivity index (χ0) is 16.5. The van der Waals surface area contributed by atoms with Gasteiger partial charge in [0.05, 0.1) is 13.0 Å². The van der Waals surface area contributed by atoms with Crippen molar-refractivity contribution in [2.75, 3.05) is 6.61 Å². The van der Waals surface area contributed by atoms with Crippen molar-refractivity contribution in [2.24, 2.45) is 11.8 Å². The predicted octanol–water partition coefficient (Wildman–Crippen LogP) is 3.83. The molecule has 1 saturated carbocycles. The Labute approximate surface area is 137 Å². The average Bonchev–Trinajstić information content (AvgIpc) is 2.58. The number of carbonyl (C=O) groups excluding carboxylic acids is 1. The fourth-order valence-corrected chi connectivity index (χ4v) is 3.22. The molecule has 4 heteroatoms. The molecular formula is C19H26O4. The van der Waals surface area contributed by atoms with Crippen LogP contribution >= 0.6 is 0 Å². The van der Waals surface area contributed by atoms with Crippen molar-refractivity contribution in [3.05, 3.63) is 35.9 Å². The summed E-state index contributed by atoms with van der Waals surface area (Å²) >= 11 is 0. The summed E-state index contributed by atoms with van der Waals surface area (Å²) in [6, 6.07) is 10.2. The topological polar surface area (TPSA) is 63.6 Å². The Balaban J connectivity index is 1.57. The van der Waals surface area contributed by atoms with Crippen molar-refractivity contribution in [2.45, 2.75) is 51.6 Å². The normalized spacial score (nSPS) is 21.0. The maximum Gasteiger partial charge on any atom is 0.303 e. The minimum Gasteiger partial charge on any atom is -0.481 e. The highest BCUT2D eigenvalue weighted by Gasteiger charge is 2.26. The van der Waals surface area contributed by atoms with Crippen LogP contribution in [0.1, 0.15) is 50.5 Å². The van der Waals surface area contributed by atoms with Gasteiger partial charge in [0, 0.05) is 18.9 Å². The summed E-state index contributed by atoms with van der Waals surface area (Å²) in [6.45, 7) is 1.42. The van der Waals surface area contributed by atoms with Gasteiger partial charge in [-0.1, -0.05) is 30.3 Å². The third-order valence-corrected chi connectivity index (χ3v) is 4.67. The Morgan fingerprint density at radius 2 is 1.74 bits per heavy atom. The molecule has 0 saturated heterocycles. The van der Waals surface area contributed by atoms with E-state index in [-0.39, 0.29) is 24.5 Å². The molecule has 0 aliphatic heterocycles. The number of carboxylic acid groups (broad SMARTS) is 1. The zero-order valence-electron chi connectivity index (χ0n) is 13.6. The minimum atomic E-state index is -0.886. The molecule has 0 unspecified atom stereocenters. The Morgan fingerprint density at radius 1 is 1.04 bits per heavy atom. The lowest BCUT2D eigenvalue weighted by atomic mass is 9.78. The number of aliphatic carboxylic acids is 1. The monoisotopic (exact) mass is 318 g/mol. The molecule has 0 bridgehead atoms. The molecule has 0 aromatic heterocycles. The molecule has 4 nitrogen and oxygen atoms in total. The maximum absolute atomic E-state index is 11.9. The van der Waals surface area contributed by atoms with Crippen LogP contribution in [-0.4, -0.2) is 23.5 Å². The largest absolute Gasteiger partial charge is 0.481 e. The third-order valence-electron chi connectivity index (χ3n) is 4.67. The summed E-state index contributed by atoms with van der Waals surface area (Å²) in [5, 5.41) is 8.64. The first-order valence-corrected chi connectivity index (χ1v) is 8.51. The van der Waals surface area contributed by atoms with Crippen LogP contribution in [0.3, 0.4) is 0 Å². The molecule has 1 aliphatic carbocycles. The minimum absolute atomic E-state index is 0.0356. The Kier molecular flexibility index (Phi) is 7.27. The lowest BCUT2D eigenvalue weighted by molar-refractivity contribution is -0.139. The molecule has 1 aliphatic rings. The van der Waals surface area contributed by atoms with E-state index in [1.807, 2.05) is 18.2 Å². The molecule has 0 spiro atoms. The maximum atomic E-state index is 11.9. The van der Waals surface area contributed by atoms with Crippen LogP contribution in [0.5, 0.6) is 0 Å². The van der Waals surface area contributed by atoms with Gasteiger partial charge in [0.1, 0.15) is 5.78 Å². The Hall–Kier alpha value is -1.68. The SMILES string of the molecule is O=C(O)CCC(=O)[C@H]1CC[C@H](CCOCc2ccccc2)CC1. The number of carboxylic acids is 1. The first-order valence-electron chi connectivity index (χ1n) is 8.51. The second-order valence-electron chi connectivity index (χ2n) is 6.40. The number of rotatable bonds is 9. The second kappa shape index (κ2) is 9.46. The van der Waals surface area contributed by atoms with Gasteiger partial charge in [-0.05, 0) is 43.6 Å². The van der Waals surface area contributed by atoms with Gasteiger partial charge < -0.3 is 9.84 Å². The summed E-state index contributed by atoms with van der Waals surface area (Å²) in [5.41, 5.74) is 1.19. The number of hydrogen-bond donors (Lipinski definition) is 1. The van der Waals surface area contributed by atoms with E-state index >= 15 is 0 Å². The molecule has 1 N–H and O–H groups in total. The van der Waals surface area contributed by atoms with Crippen LogP contribution in [0, 0.1) is 11.8 Å². The lowest BCUT2D eigenvalue weighted by Gasteiger charge is -2.27. The summed E-state index contributed by atoms with van der Waals surface area (Å²) < 4.78 is 5.73. The van der Waals surface area contributed by atoms with E-state index in [1.54, 1.807) is 0 Å². The highest BCUT2D eigenvalue weighted by molar-refractivity contribution is 5.84. The van der Waals surface area contributed by atoms with E-state index in [0.29, 0.717) is 12.5 Å². The first kappa shape index (κ1) is 17.7. The van der Waals surface area contributed by atoms with Crippen molar-refractivity contribution < 1.29 is 19.4 Å². The van der Waals surface area contributed by atoms with Gasteiger partial charge in [0.25, 0.3) is 0 Å². The van der Waals surface area contributed by atoms with E-state index in [1.165, 1.54) is 5.56 Å². The summed E-state index contributed by atoms with van der Waals surface area (Å²) in [7, 11) is 0. The molecule has 0 amide bonds. The van der Waals surface area contributed by atoms with E-state index in [2.05, 4.69) is 12.1 Å². The van der Waals surface area contributed by atoms with Crippen LogP contribution in [-0.2, 0) is 20.9 Å². The number of benzene rings is 1. The zero-order valence-corrected chi connectivity index (χ0v) is 13.6. The van der Waals surface area contributed by atoms with Crippen molar-refractivity contribution in [3.8, 4) is 0 Å². The fourth-order valence-electron chi connectivity index (χ4n) is 3.22. The van der Waals surface area contributed by atoms with E-state index in [0.717, 1.165) is 38.7 Å². The smallest absolute Gasteiger partial charge is 0.303 e. The number of hydrogen-bond acceptors (Lipinski definition) is 3. The van der Waals surface area contributed by atoms with Gasteiger partial charge in [0.2, 0.25) is 0 Å². The van der Waals surface area contributed by atoms with Crippen LogP contribution in [0.4, 0.5) is 0 Å². The Morgan fingerprint density at radius 3 is 2.39 bits per heavy atom. The van der Waals surface area contributed by atoms with Gasteiger partial charge in [-0.25, -0.2) is 0 Å². The van der Waals surface area contributed by atoms with E-state index < -0.39 is 5.97 Å². The van der Waals surface area contributed by atoms with Gasteiger partial charge in [-0.15, -0.1) is 0 Å². The predicted molar refractivity (Wildman–Crippen MR) is 88.0 cm³/mol. The molecule has 2 rings (SSSR count). The van der Waals surface area contributed by atoms with Crippen molar-refractivity contribution >= 4 is 11.8 Å². The molecule has 0 heterocycles. The van der Waals surface area contributed by atoms with Crippen LogP contribution in [0.15, 0.2) is 30.3 Å². The number of Topliss-reactive ketones (excluding diaryl/α,β-unsaturated/α-hetero) is 1. The van der Waals surface area contributed by atoms with Crippen LogP contribution in [0.25, 0.3) is 0 Å². The summed E-state index contributed by atoms with van der Waals surface area (Å²) in [4.78, 5) is 22.5. The van der Waals surface area contributed by atoms with Crippen molar-refractivity contribution in [3.63, 3.8) is 0 Å². The average molecular weight is 318 g/mol. The summed E-state index contributed by atoms with van der Waals surface area (Å²) in [6.07, 6.45) is 5.11. The molecule has 126 valence electrons. The molecule has 1 aromatic rings. The first-order chi connectivity index (χ1) is 11.1. The van der Waals surface area contributed by atoms with Crippen molar-refractivity contribution in [1.82, 2.24) is 0 Å². The van der Waals surface area contributed by atoms with Gasteiger partial charge in [0.15, 0.2) is 0 Å². The van der Waals surface area contributed by atoms with Gasteiger partial charge in [-0.3, -0.25) is 9.59 Å². The number of ether oxygens (including phenoxy) is 1. The van der Waals surface area contributed by atoms with Gasteiger partial charge >= 0.3 is 5.97 Å². The van der Waals surface area contributed by atoms with E-state index in [4.69, 9.17) is 9.84 Å². The quantitative estimate of drug-likeness (QED) is 0.703. The second-order valence-corrected chi connectivity index (χ2v) is 6.40. The highest BCUT2D eigenvalue weighted by Crippen LogP contribution is 2.32. The molecule has 0 radical (unpaired) electrons. The number of ketones is 1. The van der Waals surface area contributed by atoms with E-state index in [9.17, 15) is 9.59 Å². The number of carbonyl (C=O) groups is 2. The Bertz CT molecular complexity index is 489. The molecule has 23 heavy (non-hydrogen) atoms. The van der Waals surface area contributed by atoms with Crippen molar-refractivity contribution in [1.29, 1.82) is 0 Å². The molecule has 1 fully saturated rings. The van der Waals surface area contributed by atoms with Crippen LogP contribution < -0.4 is 0 Å².